The Hall–Kier alpha value is -2.90. The van der Waals surface area contributed by atoms with Gasteiger partial charge in [-0.05, 0) is 31.9 Å². The molecular weight excluding hydrogens is 628 g/mol. The molecule has 0 bridgehead atoms. The van der Waals surface area contributed by atoms with E-state index in [0.29, 0.717) is 31.2 Å². The van der Waals surface area contributed by atoms with Crippen molar-refractivity contribution in [1.29, 1.82) is 0 Å². The lowest BCUT2D eigenvalue weighted by Gasteiger charge is -2.43. The topological polar surface area (TPSA) is 34.1 Å². The van der Waals surface area contributed by atoms with Crippen molar-refractivity contribution in [2.75, 3.05) is 28.2 Å². The van der Waals surface area contributed by atoms with E-state index in [9.17, 15) is 9.59 Å². The maximum atomic E-state index is 12.8. The third kappa shape index (κ3) is 7.24. The van der Waals surface area contributed by atoms with E-state index >= 15 is 0 Å². The fourth-order valence-electron chi connectivity index (χ4n) is 4.82. The number of benzene rings is 4. The van der Waals surface area contributed by atoms with Gasteiger partial charge >= 0.3 is 0 Å². The quantitative estimate of drug-likeness (QED) is 0.0723. The molecule has 0 aliphatic rings. The smallest absolute Gasteiger partial charge is 0.207 e. The van der Waals surface area contributed by atoms with Crippen molar-refractivity contribution >= 4 is 43.4 Å². The average Bonchev–Trinajstić information content (AvgIpc) is 2.97. The first-order chi connectivity index (χ1) is 19.0. The van der Waals surface area contributed by atoms with Crippen LogP contribution in [0.3, 0.4) is 0 Å². The summed E-state index contributed by atoms with van der Waals surface area (Å²) in [5.41, 5.74) is 5.13. The molecule has 40 heavy (non-hydrogen) atoms. The third-order valence-electron chi connectivity index (χ3n) is 7.25. The van der Waals surface area contributed by atoms with Gasteiger partial charge < -0.3 is 8.97 Å². The molecule has 4 aromatic carbocycles. The first kappa shape index (κ1) is 30.1. The zero-order valence-corrected chi connectivity index (χ0v) is 26.6. The number of likely N-dealkylation sites (N-methyl/N-ethyl adjacent to an activating group) is 2. The number of hydrogen-bond donors (Lipinski definition) is 0. The predicted octanol–water partition coefficient (Wildman–Crippen LogP) is 7.44. The minimum Gasteiger partial charge on any atom is -0.308 e. The van der Waals surface area contributed by atoms with Crippen LogP contribution in [-0.2, 0) is 13.1 Å². The number of carbonyl (C=O) groups excluding carboxylic acids is 2. The van der Waals surface area contributed by atoms with E-state index in [1.807, 2.05) is 84.9 Å². The molecule has 0 heterocycles. The van der Waals surface area contributed by atoms with Gasteiger partial charge in [0.1, 0.15) is 13.1 Å². The van der Waals surface area contributed by atoms with E-state index < -0.39 is 0 Å². The van der Waals surface area contributed by atoms with Crippen molar-refractivity contribution < 1.29 is 18.6 Å². The predicted molar refractivity (Wildman–Crippen MR) is 170 cm³/mol. The molecule has 0 amide bonds. The molecule has 0 N–H and O–H groups in total. The highest BCUT2D eigenvalue weighted by Gasteiger charge is 2.42. The van der Waals surface area contributed by atoms with Crippen molar-refractivity contribution in [3.05, 3.63) is 143 Å². The van der Waals surface area contributed by atoms with Crippen LogP contribution in [0, 0.1) is 0 Å². The lowest BCUT2D eigenvalue weighted by molar-refractivity contribution is -0.971. The van der Waals surface area contributed by atoms with Crippen LogP contribution in [0.25, 0.3) is 0 Å². The van der Waals surface area contributed by atoms with Crippen LogP contribution < -0.4 is 0 Å². The number of rotatable bonds is 11. The Labute approximate surface area is 254 Å². The van der Waals surface area contributed by atoms with Crippen LogP contribution in [0.1, 0.15) is 43.0 Å². The zero-order chi connectivity index (χ0) is 28.9. The van der Waals surface area contributed by atoms with E-state index in [1.54, 1.807) is 0 Å². The van der Waals surface area contributed by atoms with Gasteiger partial charge in [-0.25, -0.2) is 0 Å². The number of hydrogen-bond acceptors (Lipinski definition) is 2. The number of ketones is 2. The van der Waals surface area contributed by atoms with Gasteiger partial charge in [0.2, 0.25) is 9.90 Å². The minimum atomic E-state index is 0.0382. The van der Waals surface area contributed by atoms with Crippen LogP contribution in [0.15, 0.2) is 109 Å². The summed E-state index contributed by atoms with van der Waals surface area (Å²) in [5.74, 6) is 0.0765. The Kier molecular flexibility index (Phi) is 9.57. The van der Waals surface area contributed by atoms with Crippen molar-refractivity contribution in [2.24, 2.45) is 0 Å². The summed E-state index contributed by atoms with van der Waals surface area (Å²) < 4.78 is 1.40. The molecule has 4 nitrogen and oxygen atoms in total. The molecule has 0 saturated carbocycles. The molecule has 0 aliphatic carbocycles. The molecule has 0 radical (unpaired) electrons. The Morgan fingerprint density at radius 1 is 0.500 bits per heavy atom. The average molecular weight is 664 g/mol. The molecule has 2 unspecified atom stereocenters. The van der Waals surface area contributed by atoms with E-state index in [0.717, 1.165) is 13.1 Å². The van der Waals surface area contributed by atoms with Gasteiger partial charge in [-0.1, -0.05) is 109 Å². The largest absolute Gasteiger partial charge is 0.308 e. The van der Waals surface area contributed by atoms with Crippen molar-refractivity contribution in [1.82, 2.24) is 0 Å². The maximum absolute atomic E-state index is 12.8. The minimum absolute atomic E-state index is 0.0382. The first-order valence-corrected chi connectivity index (χ1v) is 15.1. The molecular formula is C34H36Br2N2O2+2. The van der Waals surface area contributed by atoms with Gasteiger partial charge in [0, 0.05) is 33.4 Å². The lowest BCUT2D eigenvalue weighted by Crippen LogP contribution is -2.58. The zero-order valence-electron chi connectivity index (χ0n) is 23.4. The van der Waals surface area contributed by atoms with Gasteiger partial charge in [-0.15, -0.1) is 0 Å². The van der Waals surface area contributed by atoms with Gasteiger partial charge in [0.05, 0.1) is 28.2 Å². The van der Waals surface area contributed by atoms with Gasteiger partial charge in [-0.3, -0.25) is 9.59 Å². The third-order valence-corrected chi connectivity index (χ3v) is 11.2. The summed E-state index contributed by atoms with van der Waals surface area (Å²) in [6.45, 7) is 1.60. The summed E-state index contributed by atoms with van der Waals surface area (Å²) in [6.07, 6.45) is 0. The standard InChI is InChI=1S/C34H36Br2N2O2/c1-37(2,23-25-15-19-29(20-16-25)31(39)27-11-7-5-8-12-27)33(35)34(36)38(3,4)24-26-17-21-30(22-18-26)32(40)28-13-9-6-10-14-28/h5-22,33-34H,23-24H2,1-4H3/q+2. The molecule has 2 atom stereocenters. The van der Waals surface area contributed by atoms with Crippen LogP contribution >= 0.6 is 31.9 Å². The number of halogens is 2. The molecule has 4 aromatic rings. The number of carbonyl (C=O) groups is 2. The van der Waals surface area contributed by atoms with Crippen molar-refractivity contribution in [2.45, 2.75) is 23.0 Å². The Balaban J connectivity index is 1.39. The fourth-order valence-corrected chi connectivity index (χ4v) is 6.39. The van der Waals surface area contributed by atoms with E-state index in [4.69, 9.17) is 0 Å². The fraction of sp³-hybridized carbons (Fsp3) is 0.235. The first-order valence-electron chi connectivity index (χ1n) is 13.3. The summed E-state index contributed by atoms with van der Waals surface area (Å²) >= 11 is 8.01. The Bertz CT molecular complexity index is 1320. The van der Waals surface area contributed by atoms with Crippen LogP contribution in [0.2, 0.25) is 0 Å². The van der Waals surface area contributed by atoms with Crippen LogP contribution in [-0.4, -0.2) is 58.6 Å². The van der Waals surface area contributed by atoms with E-state index in [-0.39, 0.29) is 21.5 Å². The Morgan fingerprint density at radius 2 is 0.775 bits per heavy atom. The van der Waals surface area contributed by atoms with Gasteiger partial charge in [0.25, 0.3) is 0 Å². The molecule has 4 rings (SSSR count). The maximum Gasteiger partial charge on any atom is 0.207 e. The highest BCUT2D eigenvalue weighted by Crippen LogP contribution is 2.32. The second-order valence-electron chi connectivity index (χ2n) is 11.4. The molecule has 0 aromatic heterocycles. The van der Waals surface area contributed by atoms with Crippen molar-refractivity contribution in [3.8, 4) is 0 Å². The van der Waals surface area contributed by atoms with Crippen LogP contribution in [0.4, 0.5) is 0 Å². The van der Waals surface area contributed by atoms with Gasteiger partial charge in [-0.2, -0.15) is 0 Å². The monoisotopic (exact) mass is 662 g/mol. The Morgan fingerprint density at radius 3 is 1.07 bits per heavy atom. The normalized spacial score (nSPS) is 13.4. The summed E-state index contributed by atoms with van der Waals surface area (Å²) in [7, 11) is 8.84. The second kappa shape index (κ2) is 12.7. The van der Waals surface area contributed by atoms with Gasteiger partial charge in [0.15, 0.2) is 11.6 Å². The van der Waals surface area contributed by atoms with E-state index in [2.05, 4.69) is 84.3 Å². The van der Waals surface area contributed by atoms with E-state index in [1.165, 1.54) is 11.1 Å². The molecule has 206 valence electrons. The SMILES string of the molecule is C[N+](C)(Cc1ccc(C(=O)c2ccccc2)cc1)C(Br)C(Br)[N+](C)(C)Cc1ccc(C(=O)c2ccccc2)cc1. The highest BCUT2D eigenvalue weighted by molar-refractivity contribution is 9.12. The highest BCUT2D eigenvalue weighted by atomic mass is 79.9. The molecule has 0 fully saturated rings. The molecule has 0 saturated heterocycles. The lowest BCUT2D eigenvalue weighted by atomic mass is 10.0. The summed E-state index contributed by atoms with van der Waals surface area (Å²) in [5, 5.41) is 0. The van der Waals surface area contributed by atoms with Crippen LogP contribution in [0.5, 0.6) is 0 Å². The number of nitrogens with zero attached hydrogens (tertiary/aromatic N) is 2. The molecule has 0 aliphatic heterocycles. The number of quaternary nitrogens is 2. The number of alkyl halides is 2. The second-order valence-corrected chi connectivity index (χ2v) is 13.3. The molecule has 6 heteroatoms. The summed E-state index contributed by atoms with van der Waals surface area (Å²) in [4.78, 5) is 25.8. The van der Waals surface area contributed by atoms with Crippen molar-refractivity contribution in [3.63, 3.8) is 0 Å². The molecule has 0 spiro atoms. The summed E-state index contributed by atoms with van der Waals surface area (Å²) in [6, 6.07) is 34.7.